The Bertz CT molecular complexity index is 441. The number of halogens is 1. The minimum atomic E-state index is -1.47. The van der Waals surface area contributed by atoms with E-state index in [1.807, 2.05) is 24.3 Å². The number of para-hydroxylation sites is 1. The molecule has 0 atom stereocenters. The van der Waals surface area contributed by atoms with Gasteiger partial charge in [0.25, 0.3) is 0 Å². The van der Waals surface area contributed by atoms with Crippen molar-refractivity contribution in [2.45, 2.75) is 0 Å². The van der Waals surface area contributed by atoms with Crippen molar-refractivity contribution in [3.63, 3.8) is 0 Å². The fraction of sp³-hybridized carbons (Fsp3) is 0. The number of nitrogens with one attached hydrogen (secondary N) is 1. The second-order valence-electron chi connectivity index (χ2n) is 2.77. The van der Waals surface area contributed by atoms with Gasteiger partial charge in [-0.1, -0.05) is 18.2 Å². The van der Waals surface area contributed by atoms with Gasteiger partial charge in [-0.2, -0.15) is 0 Å². The predicted molar refractivity (Wildman–Crippen MR) is 55.8 cm³/mol. The van der Waals surface area contributed by atoms with Crippen LogP contribution in [0.4, 0.5) is 0 Å². The van der Waals surface area contributed by atoms with Gasteiger partial charge in [0.2, 0.25) is 0 Å². The zero-order valence-corrected chi connectivity index (χ0v) is 8.25. The molecule has 3 N–H and O–H groups in total. The molecule has 0 fully saturated rings. The maximum Gasteiger partial charge on any atom is 0.506 e. The highest BCUT2D eigenvalue weighted by atomic mass is 79.9. The highest BCUT2D eigenvalue weighted by molar-refractivity contribution is 9.10. The summed E-state index contributed by atoms with van der Waals surface area (Å²) in [7, 11) is -1.47. The Kier molecular flexibility index (Phi) is 2.15. The SMILES string of the molecule is OB(O)c1[nH]c2ccccc2c1Br. The summed E-state index contributed by atoms with van der Waals surface area (Å²) in [5.74, 6) is 0. The fourth-order valence-electron chi connectivity index (χ4n) is 1.31. The molecule has 1 heterocycles. The third-order valence-corrected chi connectivity index (χ3v) is 2.78. The molecule has 0 radical (unpaired) electrons. The van der Waals surface area contributed by atoms with E-state index in [1.165, 1.54) is 0 Å². The standard InChI is InChI=1S/C8H7BBrNO2/c10-7-5-3-1-2-4-6(5)11-8(7)9(12)13/h1-4,11-13H. The van der Waals surface area contributed by atoms with Crippen LogP contribution >= 0.6 is 15.9 Å². The molecule has 0 amide bonds. The lowest BCUT2D eigenvalue weighted by atomic mass is 9.86. The van der Waals surface area contributed by atoms with Crippen LogP contribution in [0.15, 0.2) is 28.7 Å². The summed E-state index contributed by atoms with van der Waals surface area (Å²) >= 11 is 3.30. The zero-order valence-electron chi connectivity index (χ0n) is 6.66. The van der Waals surface area contributed by atoms with Crippen LogP contribution in [0.1, 0.15) is 0 Å². The molecule has 0 unspecified atom stereocenters. The van der Waals surface area contributed by atoms with Gasteiger partial charge >= 0.3 is 7.12 Å². The molecule has 2 rings (SSSR count). The number of hydrogen-bond donors (Lipinski definition) is 3. The van der Waals surface area contributed by atoms with E-state index in [2.05, 4.69) is 20.9 Å². The van der Waals surface area contributed by atoms with E-state index < -0.39 is 7.12 Å². The normalized spacial score (nSPS) is 10.7. The average Bonchev–Trinajstić information content (AvgIpc) is 2.45. The molecule has 0 aliphatic heterocycles. The molecule has 3 nitrogen and oxygen atoms in total. The number of rotatable bonds is 1. The molecule has 0 spiro atoms. The number of aromatic nitrogens is 1. The highest BCUT2D eigenvalue weighted by Gasteiger charge is 2.19. The second-order valence-corrected chi connectivity index (χ2v) is 3.56. The molecular formula is C8H7BBrNO2. The smallest absolute Gasteiger partial charge is 0.422 e. The summed E-state index contributed by atoms with van der Waals surface area (Å²) in [6.45, 7) is 0. The summed E-state index contributed by atoms with van der Waals surface area (Å²) in [5.41, 5.74) is 1.28. The van der Waals surface area contributed by atoms with Gasteiger partial charge in [0.15, 0.2) is 0 Å². The molecule has 2 aromatic rings. The number of H-pyrrole nitrogens is 1. The van der Waals surface area contributed by atoms with Gasteiger partial charge in [-0.3, -0.25) is 0 Å². The molecule has 0 aliphatic carbocycles. The van der Waals surface area contributed by atoms with Gasteiger partial charge in [0.05, 0.1) is 5.59 Å². The minimum absolute atomic E-state index is 0.390. The van der Waals surface area contributed by atoms with E-state index in [9.17, 15) is 0 Å². The molecule has 13 heavy (non-hydrogen) atoms. The van der Waals surface area contributed by atoms with Crippen molar-refractivity contribution in [1.82, 2.24) is 4.98 Å². The van der Waals surface area contributed by atoms with E-state index in [0.29, 0.717) is 10.1 Å². The largest absolute Gasteiger partial charge is 0.506 e. The Balaban J connectivity index is 2.74. The van der Waals surface area contributed by atoms with Gasteiger partial charge in [0, 0.05) is 15.4 Å². The van der Waals surface area contributed by atoms with Crippen LogP contribution in [0.3, 0.4) is 0 Å². The summed E-state index contributed by atoms with van der Waals surface area (Å²) in [6, 6.07) is 7.57. The molecule has 5 heteroatoms. The number of hydrogen-bond acceptors (Lipinski definition) is 2. The fourth-order valence-corrected chi connectivity index (χ4v) is 1.96. The Morgan fingerprint density at radius 3 is 2.54 bits per heavy atom. The number of benzene rings is 1. The quantitative estimate of drug-likeness (QED) is 0.639. The Morgan fingerprint density at radius 2 is 1.92 bits per heavy atom. The molecule has 0 aliphatic rings. The highest BCUT2D eigenvalue weighted by Crippen LogP contribution is 2.21. The van der Waals surface area contributed by atoms with Gasteiger partial charge in [-0.15, -0.1) is 0 Å². The van der Waals surface area contributed by atoms with Crippen LogP contribution in [-0.2, 0) is 0 Å². The van der Waals surface area contributed by atoms with E-state index in [4.69, 9.17) is 10.0 Å². The van der Waals surface area contributed by atoms with Crippen molar-refractivity contribution in [1.29, 1.82) is 0 Å². The number of aromatic amines is 1. The Labute approximate surface area is 83.7 Å². The van der Waals surface area contributed by atoms with Crippen LogP contribution in [0, 0.1) is 0 Å². The van der Waals surface area contributed by atoms with Crippen LogP contribution in [0.5, 0.6) is 0 Å². The maximum absolute atomic E-state index is 9.00. The first-order valence-corrected chi connectivity index (χ1v) is 4.61. The van der Waals surface area contributed by atoms with Crippen molar-refractivity contribution < 1.29 is 10.0 Å². The summed E-state index contributed by atoms with van der Waals surface area (Å²) in [5, 5.41) is 18.9. The lowest BCUT2D eigenvalue weighted by molar-refractivity contribution is 0.424. The number of fused-ring (bicyclic) bond motifs is 1. The van der Waals surface area contributed by atoms with Crippen molar-refractivity contribution >= 4 is 39.5 Å². The van der Waals surface area contributed by atoms with E-state index in [0.717, 1.165) is 10.9 Å². The molecule has 0 bridgehead atoms. The minimum Gasteiger partial charge on any atom is -0.422 e. The predicted octanol–water partition coefficient (Wildman–Crippen LogP) is 0.610. The van der Waals surface area contributed by atoms with E-state index >= 15 is 0 Å². The third-order valence-electron chi connectivity index (χ3n) is 1.93. The van der Waals surface area contributed by atoms with Crippen molar-refractivity contribution in [3.05, 3.63) is 28.7 Å². The van der Waals surface area contributed by atoms with Gasteiger partial charge < -0.3 is 15.0 Å². The average molecular weight is 240 g/mol. The monoisotopic (exact) mass is 239 g/mol. The molecule has 66 valence electrons. The zero-order chi connectivity index (χ0) is 9.42. The van der Waals surface area contributed by atoms with Crippen molar-refractivity contribution in [3.8, 4) is 0 Å². The lowest BCUT2D eigenvalue weighted by Gasteiger charge is -1.93. The topological polar surface area (TPSA) is 56.2 Å². The first-order valence-electron chi connectivity index (χ1n) is 3.82. The maximum atomic E-state index is 9.00. The molecular weight excluding hydrogens is 233 g/mol. The first-order chi connectivity index (χ1) is 6.20. The van der Waals surface area contributed by atoms with Gasteiger partial charge in [-0.05, 0) is 22.0 Å². The first kappa shape index (κ1) is 8.81. The third kappa shape index (κ3) is 1.39. The van der Waals surface area contributed by atoms with Crippen LogP contribution in [0.2, 0.25) is 0 Å². The van der Waals surface area contributed by atoms with Gasteiger partial charge in [-0.25, -0.2) is 0 Å². The van der Waals surface area contributed by atoms with E-state index in [-0.39, 0.29) is 0 Å². The van der Waals surface area contributed by atoms with Crippen LogP contribution < -0.4 is 5.59 Å². The molecule has 0 saturated carbocycles. The Morgan fingerprint density at radius 1 is 1.23 bits per heavy atom. The van der Waals surface area contributed by atoms with Crippen LogP contribution in [-0.4, -0.2) is 22.2 Å². The lowest BCUT2D eigenvalue weighted by Crippen LogP contribution is -2.31. The van der Waals surface area contributed by atoms with E-state index in [1.54, 1.807) is 0 Å². The van der Waals surface area contributed by atoms with Crippen LogP contribution in [0.25, 0.3) is 10.9 Å². The Hall–Kier alpha value is -0.775. The second kappa shape index (κ2) is 3.18. The van der Waals surface area contributed by atoms with Crippen molar-refractivity contribution in [2.75, 3.05) is 0 Å². The summed E-state index contributed by atoms with van der Waals surface area (Å²) < 4.78 is 0.707. The molecule has 1 aromatic heterocycles. The summed E-state index contributed by atoms with van der Waals surface area (Å²) in [4.78, 5) is 2.92. The van der Waals surface area contributed by atoms with Gasteiger partial charge in [0.1, 0.15) is 0 Å². The molecule has 0 saturated heterocycles. The molecule has 1 aromatic carbocycles. The van der Waals surface area contributed by atoms with Crippen molar-refractivity contribution in [2.24, 2.45) is 0 Å². The summed E-state index contributed by atoms with van der Waals surface area (Å²) in [6.07, 6.45) is 0.